The Morgan fingerprint density at radius 3 is 2.42 bits per heavy atom. The van der Waals surface area contributed by atoms with Crippen molar-refractivity contribution < 1.29 is 31.1 Å². The van der Waals surface area contributed by atoms with E-state index in [0.29, 0.717) is 52.1 Å². The summed E-state index contributed by atoms with van der Waals surface area (Å²) in [7, 11) is -3.71. The van der Waals surface area contributed by atoms with Crippen LogP contribution in [0.4, 0.5) is 13.2 Å². The van der Waals surface area contributed by atoms with Crippen LogP contribution in [0.5, 0.6) is 0 Å². The number of sulfonamides is 1. The van der Waals surface area contributed by atoms with Crippen molar-refractivity contribution in [1.82, 2.24) is 19.6 Å². The lowest BCUT2D eigenvalue weighted by atomic mass is 9.95. The third-order valence-electron chi connectivity index (χ3n) is 7.72. The van der Waals surface area contributed by atoms with E-state index in [9.17, 15) is 26.4 Å². The van der Waals surface area contributed by atoms with Gasteiger partial charge in [-0.2, -0.15) is 4.31 Å². The van der Waals surface area contributed by atoms with E-state index in [0.717, 1.165) is 6.07 Å². The van der Waals surface area contributed by atoms with E-state index in [1.807, 2.05) is 0 Å². The molecular weight excluding hydrogens is 605 g/mol. The molecule has 232 valence electrons. The molecule has 0 aliphatic carbocycles. The van der Waals surface area contributed by atoms with Crippen molar-refractivity contribution in [3.63, 3.8) is 0 Å². The quantitative estimate of drug-likeness (QED) is 0.229. The number of amides is 1. The number of ether oxygens (including phenoxy) is 1. The minimum absolute atomic E-state index is 0.0104. The zero-order valence-electron chi connectivity index (χ0n) is 24.0. The Kier molecular flexibility index (Phi) is 8.70. The molecule has 1 fully saturated rings. The molecule has 1 aliphatic rings. The summed E-state index contributed by atoms with van der Waals surface area (Å²) in [5.41, 5.74) is 3.22. The molecule has 6 rings (SSSR count). The Bertz CT molecular complexity index is 1940. The van der Waals surface area contributed by atoms with Gasteiger partial charge in [-0.15, -0.1) is 0 Å². The first-order valence-corrected chi connectivity index (χ1v) is 15.7. The summed E-state index contributed by atoms with van der Waals surface area (Å²) >= 11 is 0. The van der Waals surface area contributed by atoms with Crippen molar-refractivity contribution >= 4 is 26.8 Å². The number of nitrogens with zero attached hydrogens (tertiary/aromatic N) is 2. The van der Waals surface area contributed by atoms with Gasteiger partial charge in [0.15, 0.2) is 0 Å². The fourth-order valence-electron chi connectivity index (χ4n) is 5.58. The van der Waals surface area contributed by atoms with Gasteiger partial charge in [-0.25, -0.2) is 21.6 Å². The maximum Gasteiger partial charge on any atom is 0.243 e. The zero-order valence-corrected chi connectivity index (χ0v) is 24.8. The number of fused-ring (bicyclic) bond motifs is 1. The first-order chi connectivity index (χ1) is 21.7. The van der Waals surface area contributed by atoms with Crippen molar-refractivity contribution in [1.29, 1.82) is 0 Å². The first kappa shape index (κ1) is 30.5. The molecule has 8 nitrogen and oxygen atoms in total. The smallest absolute Gasteiger partial charge is 0.243 e. The molecule has 0 bridgehead atoms. The summed E-state index contributed by atoms with van der Waals surface area (Å²) in [6, 6.07) is 16.4. The summed E-state index contributed by atoms with van der Waals surface area (Å²) in [6.07, 6.45) is 3.10. The Hall–Kier alpha value is -4.52. The van der Waals surface area contributed by atoms with E-state index in [-0.39, 0.29) is 30.8 Å². The number of benzene rings is 3. The Balaban J connectivity index is 1.32. The number of halogens is 3. The molecule has 0 radical (unpaired) electrons. The van der Waals surface area contributed by atoms with Crippen molar-refractivity contribution in [2.24, 2.45) is 0 Å². The topological polar surface area (TPSA) is 104 Å². The molecule has 1 saturated heterocycles. The van der Waals surface area contributed by atoms with Crippen LogP contribution in [0.2, 0.25) is 0 Å². The van der Waals surface area contributed by atoms with Gasteiger partial charge < -0.3 is 15.0 Å². The molecule has 2 aromatic heterocycles. The van der Waals surface area contributed by atoms with E-state index < -0.39 is 39.4 Å². The predicted octanol–water partition coefficient (Wildman–Crippen LogP) is 5.31. The highest BCUT2D eigenvalue weighted by molar-refractivity contribution is 7.89. The minimum atomic E-state index is -3.71. The van der Waals surface area contributed by atoms with Gasteiger partial charge in [0.1, 0.15) is 17.5 Å². The Morgan fingerprint density at radius 1 is 0.956 bits per heavy atom. The van der Waals surface area contributed by atoms with E-state index in [4.69, 9.17) is 4.74 Å². The molecule has 0 saturated carbocycles. The highest BCUT2D eigenvalue weighted by Crippen LogP contribution is 2.31. The maximum absolute atomic E-state index is 14.2. The van der Waals surface area contributed by atoms with Gasteiger partial charge in [0.25, 0.3) is 0 Å². The number of H-pyrrole nitrogens is 1. The third-order valence-corrected chi connectivity index (χ3v) is 9.63. The summed E-state index contributed by atoms with van der Waals surface area (Å²) in [4.78, 5) is 21.1. The molecule has 45 heavy (non-hydrogen) atoms. The monoisotopic (exact) mass is 634 g/mol. The van der Waals surface area contributed by atoms with Crippen LogP contribution in [0, 0.1) is 17.5 Å². The average Bonchev–Trinajstić information content (AvgIpc) is 3.42. The van der Waals surface area contributed by atoms with Gasteiger partial charge >= 0.3 is 0 Å². The lowest BCUT2D eigenvalue weighted by molar-refractivity contribution is -0.121. The Labute approximate surface area is 257 Å². The van der Waals surface area contributed by atoms with Gasteiger partial charge in [0.2, 0.25) is 15.9 Å². The third kappa shape index (κ3) is 6.77. The summed E-state index contributed by atoms with van der Waals surface area (Å²) < 4.78 is 75.2. The number of aromatic amines is 1. The number of carbonyl (C=O) groups is 1. The molecule has 1 aliphatic heterocycles. The molecule has 12 heteroatoms. The van der Waals surface area contributed by atoms with Crippen LogP contribution in [0.3, 0.4) is 0 Å². The van der Waals surface area contributed by atoms with Crippen molar-refractivity contribution in [3.8, 4) is 11.1 Å². The van der Waals surface area contributed by atoms with Crippen LogP contribution >= 0.6 is 0 Å². The van der Waals surface area contributed by atoms with Gasteiger partial charge in [-0.1, -0.05) is 18.2 Å². The van der Waals surface area contributed by atoms with Gasteiger partial charge in [-0.3, -0.25) is 9.78 Å². The van der Waals surface area contributed by atoms with E-state index in [2.05, 4.69) is 15.3 Å². The molecule has 3 aromatic carbocycles. The average molecular weight is 635 g/mol. The number of rotatable bonds is 9. The van der Waals surface area contributed by atoms with E-state index >= 15 is 0 Å². The van der Waals surface area contributed by atoms with Crippen LogP contribution in [0.25, 0.3) is 22.0 Å². The largest absolute Gasteiger partial charge is 0.379 e. The van der Waals surface area contributed by atoms with Crippen LogP contribution in [0.15, 0.2) is 90.1 Å². The number of aromatic nitrogens is 2. The molecule has 3 heterocycles. The van der Waals surface area contributed by atoms with Gasteiger partial charge in [0, 0.05) is 48.0 Å². The van der Waals surface area contributed by atoms with E-state index in [1.54, 1.807) is 42.7 Å². The van der Waals surface area contributed by atoms with Gasteiger partial charge in [0.05, 0.1) is 36.3 Å². The highest BCUT2D eigenvalue weighted by atomic mass is 32.2. The fourth-order valence-corrected chi connectivity index (χ4v) is 6.99. The minimum Gasteiger partial charge on any atom is -0.379 e. The van der Waals surface area contributed by atoms with Crippen molar-refractivity contribution in [3.05, 3.63) is 119 Å². The standard InChI is InChI=1S/C33H29F3N4O4S/c34-24-5-8-30-29(19-24)23(20-38-30)17-32(41)39-31(16-21-14-25(35)18-26(36)15-21)33-28(2-1-9-37-33)22-3-6-27(7-4-22)45(42,43)40-10-12-44-13-11-40/h1-9,14-15,18-20,31,38H,10-13,16-17H2,(H,39,41)/t31-/m0/s1. The zero-order chi connectivity index (χ0) is 31.6. The van der Waals surface area contributed by atoms with Crippen LogP contribution in [-0.2, 0) is 32.4 Å². The molecule has 5 aromatic rings. The molecule has 0 unspecified atom stereocenters. The number of nitrogens with one attached hydrogen (secondary N) is 2. The summed E-state index contributed by atoms with van der Waals surface area (Å²) in [5, 5.41) is 3.53. The normalized spacial score (nSPS) is 14.8. The molecule has 2 N–H and O–H groups in total. The van der Waals surface area contributed by atoms with E-state index in [1.165, 1.54) is 40.7 Å². The number of morpholine rings is 1. The fraction of sp³-hybridized carbons (Fsp3) is 0.212. The lowest BCUT2D eigenvalue weighted by Crippen LogP contribution is -2.40. The van der Waals surface area contributed by atoms with Crippen LogP contribution < -0.4 is 5.32 Å². The Morgan fingerprint density at radius 2 is 1.69 bits per heavy atom. The van der Waals surface area contributed by atoms with Gasteiger partial charge in [-0.05, 0) is 71.6 Å². The second-order valence-corrected chi connectivity index (χ2v) is 12.7. The number of carbonyl (C=O) groups excluding carboxylic acids is 1. The summed E-state index contributed by atoms with van der Waals surface area (Å²) in [6.45, 7) is 1.20. The second-order valence-electron chi connectivity index (χ2n) is 10.8. The van der Waals surface area contributed by atoms with Crippen LogP contribution in [-0.4, -0.2) is 54.9 Å². The van der Waals surface area contributed by atoms with Crippen molar-refractivity contribution in [2.75, 3.05) is 26.3 Å². The number of hydrogen-bond acceptors (Lipinski definition) is 5. The van der Waals surface area contributed by atoms with Crippen molar-refractivity contribution in [2.45, 2.75) is 23.8 Å². The molecule has 1 atom stereocenters. The summed E-state index contributed by atoms with van der Waals surface area (Å²) in [5.74, 6) is -2.36. The predicted molar refractivity (Wildman–Crippen MR) is 162 cm³/mol. The second kappa shape index (κ2) is 12.8. The van der Waals surface area contributed by atoms with Crippen LogP contribution in [0.1, 0.15) is 22.9 Å². The first-order valence-electron chi connectivity index (χ1n) is 14.3. The number of hydrogen-bond donors (Lipinski definition) is 2. The molecular formula is C33H29F3N4O4S. The lowest BCUT2D eigenvalue weighted by Gasteiger charge is -2.26. The molecule has 0 spiro atoms. The molecule has 1 amide bonds. The highest BCUT2D eigenvalue weighted by Gasteiger charge is 2.27. The SMILES string of the molecule is O=C(Cc1c[nH]c2ccc(F)cc12)N[C@@H](Cc1cc(F)cc(F)c1)c1ncccc1-c1ccc(S(=O)(=O)N2CCOCC2)cc1. The number of pyridine rings is 1. The maximum atomic E-state index is 14.2.